The Kier molecular flexibility index (Phi) is 6.52. The van der Waals surface area contributed by atoms with Gasteiger partial charge in [-0.15, -0.1) is 0 Å². The Morgan fingerprint density at radius 1 is 1.00 bits per heavy atom. The van der Waals surface area contributed by atoms with Crippen LogP contribution in [0.2, 0.25) is 0 Å². The van der Waals surface area contributed by atoms with Crippen molar-refractivity contribution in [3.63, 3.8) is 0 Å². The number of carbonyl (C=O) groups excluding carboxylic acids is 3. The molecule has 1 aliphatic rings. The van der Waals surface area contributed by atoms with Crippen LogP contribution in [-0.2, 0) is 33.3 Å². The second-order valence-corrected chi connectivity index (χ2v) is 5.77. The molecule has 0 saturated carbocycles. The van der Waals surface area contributed by atoms with Crippen LogP contribution in [0, 0.1) is 0 Å². The molecule has 136 valence electrons. The van der Waals surface area contributed by atoms with E-state index in [0.717, 1.165) is 5.56 Å². The lowest BCUT2D eigenvalue weighted by Gasteiger charge is -2.23. The summed E-state index contributed by atoms with van der Waals surface area (Å²) in [5.41, 5.74) is 0.798. The highest BCUT2D eigenvalue weighted by molar-refractivity contribution is 5.69. The minimum atomic E-state index is -0.795. The van der Waals surface area contributed by atoms with Crippen LogP contribution in [0.5, 0.6) is 0 Å². The molecule has 1 aromatic rings. The summed E-state index contributed by atoms with van der Waals surface area (Å²) >= 11 is 0. The van der Waals surface area contributed by atoms with Crippen molar-refractivity contribution >= 4 is 17.9 Å². The zero-order valence-corrected chi connectivity index (χ0v) is 14.5. The third-order valence-electron chi connectivity index (χ3n) is 3.90. The van der Waals surface area contributed by atoms with E-state index in [4.69, 9.17) is 14.2 Å². The Balaban J connectivity index is 2.27. The van der Waals surface area contributed by atoms with Gasteiger partial charge in [0.05, 0.1) is 13.2 Å². The molecule has 1 heterocycles. The third kappa shape index (κ3) is 5.03. The molecular formula is C18H22O7. The van der Waals surface area contributed by atoms with Gasteiger partial charge in [0, 0.05) is 20.3 Å². The first kappa shape index (κ1) is 18.9. The lowest BCUT2D eigenvalue weighted by atomic mass is 9.99. The second kappa shape index (κ2) is 8.62. The zero-order valence-electron chi connectivity index (χ0n) is 14.5. The van der Waals surface area contributed by atoms with Gasteiger partial charge < -0.3 is 18.9 Å². The monoisotopic (exact) mass is 350 g/mol. The minimum absolute atomic E-state index is 0.104. The van der Waals surface area contributed by atoms with E-state index in [0.29, 0.717) is 0 Å². The molecule has 7 nitrogen and oxygen atoms in total. The van der Waals surface area contributed by atoms with Crippen LogP contribution in [-0.4, -0.2) is 43.3 Å². The van der Waals surface area contributed by atoms with Crippen molar-refractivity contribution in [2.45, 2.75) is 51.1 Å². The molecule has 1 fully saturated rings. The van der Waals surface area contributed by atoms with Crippen LogP contribution in [0.4, 0.5) is 0 Å². The van der Waals surface area contributed by atoms with Crippen LogP contribution < -0.4 is 0 Å². The van der Waals surface area contributed by atoms with Gasteiger partial charge in [-0.1, -0.05) is 30.3 Å². The normalized spacial score (nSPS) is 25.2. The van der Waals surface area contributed by atoms with Gasteiger partial charge in [-0.2, -0.15) is 0 Å². The second-order valence-electron chi connectivity index (χ2n) is 5.77. The van der Waals surface area contributed by atoms with Crippen molar-refractivity contribution in [1.29, 1.82) is 0 Å². The molecule has 1 aromatic carbocycles. The first-order valence-corrected chi connectivity index (χ1v) is 8.04. The van der Waals surface area contributed by atoms with Gasteiger partial charge >= 0.3 is 17.9 Å². The van der Waals surface area contributed by atoms with Gasteiger partial charge in [0.15, 0.2) is 12.2 Å². The van der Waals surface area contributed by atoms with E-state index in [1.807, 2.05) is 30.3 Å². The third-order valence-corrected chi connectivity index (χ3v) is 3.90. The minimum Gasteiger partial charge on any atom is -0.469 e. The molecule has 1 saturated heterocycles. The standard InChI is InChI=1S/C18H22O7/c1-11(19)23-17-14(9-10-15(21)22-3)25-16(18(17)24-12(2)20)13-7-5-4-6-8-13/h4-8,14,16-18H,9-10H2,1-3H3/t14-,16+,17-,18-/m1/s1. The molecular weight excluding hydrogens is 328 g/mol. The summed E-state index contributed by atoms with van der Waals surface area (Å²) in [6.07, 6.45) is -2.36. The molecule has 0 aromatic heterocycles. The maximum atomic E-state index is 11.5. The van der Waals surface area contributed by atoms with E-state index in [1.165, 1.54) is 21.0 Å². The largest absolute Gasteiger partial charge is 0.469 e. The number of hydrogen-bond acceptors (Lipinski definition) is 7. The number of hydrogen-bond donors (Lipinski definition) is 0. The van der Waals surface area contributed by atoms with E-state index in [9.17, 15) is 14.4 Å². The number of rotatable bonds is 6. The fourth-order valence-electron chi connectivity index (χ4n) is 2.89. The summed E-state index contributed by atoms with van der Waals surface area (Å²) in [5.74, 6) is -1.40. The molecule has 2 rings (SSSR count). The lowest BCUT2D eigenvalue weighted by Crippen LogP contribution is -2.38. The van der Waals surface area contributed by atoms with Gasteiger partial charge in [0.25, 0.3) is 0 Å². The SMILES string of the molecule is COC(=O)CC[C@H]1O[C@@H](c2ccccc2)[C@@H](OC(C)=O)[C@@H]1OC(C)=O. The molecule has 0 radical (unpaired) electrons. The number of benzene rings is 1. The highest BCUT2D eigenvalue weighted by Crippen LogP contribution is 2.39. The predicted octanol–water partition coefficient (Wildman–Crippen LogP) is 1.94. The molecule has 0 amide bonds. The first-order valence-electron chi connectivity index (χ1n) is 8.04. The Labute approximate surface area is 146 Å². The maximum absolute atomic E-state index is 11.5. The van der Waals surface area contributed by atoms with Crippen LogP contribution in [0.1, 0.15) is 38.4 Å². The van der Waals surface area contributed by atoms with Gasteiger partial charge in [0.2, 0.25) is 0 Å². The highest BCUT2D eigenvalue weighted by atomic mass is 16.6. The van der Waals surface area contributed by atoms with E-state index in [-0.39, 0.29) is 12.8 Å². The smallest absolute Gasteiger partial charge is 0.305 e. The highest BCUT2D eigenvalue weighted by Gasteiger charge is 2.49. The Morgan fingerprint density at radius 3 is 2.16 bits per heavy atom. The van der Waals surface area contributed by atoms with Crippen molar-refractivity contribution in [2.24, 2.45) is 0 Å². The summed E-state index contributed by atoms with van der Waals surface area (Å²) in [5, 5.41) is 0. The summed E-state index contributed by atoms with van der Waals surface area (Å²) in [4.78, 5) is 34.5. The van der Waals surface area contributed by atoms with Crippen LogP contribution in [0.15, 0.2) is 30.3 Å². The molecule has 7 heteroatoms. The van der Waals surface area contributed by atoms with Gasteiger partial charge in [-0.3, -0.25) is 14.4 Å². The molecule has 25 heavy (non-hydrogen) atoms. The summed E-state index contributed by atoms with van der Waals surface area (Å²) in [6, 6.07) is 9.22. The lowest BCUT2D eigenvalue weighted by molar-refractivity contribution is -0.164. The van der Waals surface area contributed by atoms with Crippen molar-refractivity contribution in [2.75, 3.05) is 7.11 Å². The van der Waals surface area contributed by atoms with Crippen LogP contribution in [0.3, 0.4) is 0 Å². The fraction of sp³-hybridized carbons (Fsp3) is 0.500. The van der Waals surface area contributed by atoms with Crippen molar-refractivity contribution in [3.8, 4) is 0 Å². The maximum Gasteiger partial charge on any atom is 0.305 e. The van der Waals surface area contributed by atoms with E-state index < -0.39 is 42.3 Å². The average Bonchev–Trinajstić information content (AvgIpc) is 2.90. The number of carbonyl (C=O) groups is 3. The van der Waals surface area contributed by atoms with Gasteiger partial charge in [0.1, 0.15) is 6.10 Å². The molecule has 0 bridgehead atoms. The number of ether oxygens (including phenoxy) is 4. The molecule has 0 spiro atoms. The predicted molar refractivity (Wildman–Crippen MR) is 86.4 cm³/mol. The van der Waals surface area contributed by atoms with Crippen molar-refractivity contribution in [3.05, 3.63) is 35.9 Å². The van der Waals surface area contributed by atoms with Gasteiger partial charge in [-0.05, 0) is 12.0 Å². The van der Waals surface area contributed by atoms with Gasteiger partial charge in [-0.25, -0.2) is 0 Å². The zero-order chi connectivity index (χ0) is 18.4. The molecule has 4 atom stereocenters. The number of esters is 3. The van der Waals surface area contributed by atoms with Crippen LogP contribution >= 0.6 is 0 Å². The first-order chi connectivity index (χ1) is 11.9. The Hall–Kier alpha value is -2.41. The summed E-state index contributed by atoms with van der Waals surface area (Å²) < 4.78 is 21.4. The molecule has 0 aliphatic carbocycles. The van der Waals surface area contributed by atoms with Crippen molar-refractivity contribution < 1.29 is 33.3 Å². The van der Waals surface area contributed by atoms with E-state index in [1.54, 1.807) is 0 Å². The average molecular weight is 350 g/mol. The molecule has 1 aliphatic heterocycles. The quantitative estimate of drug-likeness (QED) is 0.572. The van der Waals surface area contributed by atoms with E-state index in [2.05, 4.69) is 4.74 Å². The summed E-state index contributed by atoms with van der Waals surface area (Å²) in [6.45, 7) is 2.56. The Bertz CT molecular complexity index is 613. The topological polar surface area (TPSA) is 88.1 Å². The summed E-state index contributed by atoms with van der Waals surface area (Å²) in [7, 11) is 1.30. The van der Waals surface area contributed by atoms with E-state index >= 15 is 0 Å². The van der Waals surface area contributed by atoms with Crippen molar-refractivity contribution in [1.82, 2.24) is 0 Å². The van der Waals surface area contributed by atoms with Crippen LogP contribution in [0.25, 0.3) is 0 Å². The fourth-order valence-corrected chi connectivity index (χ4v) is 2.89. The molecule has 0 unspecified atom stereocenters. The number of methoxy groups -OCH3 is 1. The Morgan fingerprint density at radius 2 is 1.60 bits per heavy atom. The molecule has 0 N–H and O–H groups in total.